The monoisotopic (exact) mass is 437 g/mol. The Morgan fingerprint density at radius 2 is 1.90 bits per heavy atom. The van der Waals surface area contributed by atoms with Crippen LogP contribution in [-0.4, -0.2) is 22.3 Å². The van der Waals surface area contributed by atoms with Crippen molar-refractivity contribution in [2.45, 2.75) is 19.3 Å². The summed E-state index contributed by atoms with van der Waals surface area (Å²) in [4.78, 5) is 12.0. The van der Waals surface area contributed by atoms with E-state index in [-0.39, 0.29) is 12.3 Å². The number of nitrogens with one attached hydrogen (secondary N) is 1. The van der Waals surface area contributed by atoms with Crippen molar-refractivity contribution in [3.8, 4) is 5.75 Å². The molecule has 2 aromatic carbocycles. The van der Waals surface area contributed by atoms with Gasteiger partial charge in [0.2, 0.25) is 5.91 Å². The largest absolute Gasteiger partial charge is 0.435 e. The lowest BCUT2D eigenvalue weighted by atomic mass is 10.1. The molecule has 1 aromatic heterocycles. The van der Waals surface area contributed by atoms with E-state index in [0.717, 1.165) is 12.1 Å². The fourth-order valence-corrected chi connectivity index (χ4v) is 2.66. The third-order valence-electron chi connectivity index (χ3n) is 4.03. The van der Waals surface area contributed by atoms with E-state index in [9.17, 15) is 26.7 Å². The predicted molar refractivity (Wildman–Crippen MR) is 104 cm³/mol. The Balaban J connectivity index is 1.57. The van der Waals surface area contributed by atoms with Crippen LogP contribution in [0.15, 0.2) is 67.0 Å². The highest BCUT2D eigenvalue weighted by molar-refractivity contribution is 6.01. The third-order valence-corrected chi connectivity index (χ3v) is 4.03. The van der Waals surface area contributed by atoms with E-state index >= 15 is 0 Å². The van der Waals surface area contributed by atoms with Crippen LogP contribution < -0.4 is 10.1 Å². The summed E-state index contributed by atoms with van der Waals surface area (Å²) < 4.78 is 68.3. The van der Waals surface area contributed by atoms with Gasteiger partial charge < -0.3 is 10.1 Å². The molecule has 3 aromatic rings. The molecular weight excluding hydrogens is 421 g/mol. The van der Waals surface area contributed by atoms with Crippen molar-refractivity contribution in [3.63, 3.8) is 0 Å². The molecule has 1 N–H and O–H groups in total. The Labute approximate surface area is 173 Å². The van der Waals surface area contributed by atoms with Crippen molar-refractivity contribution >= 4 is 17.7 Å². The highest BCUT2D eigenvalue weighted by Gasteiger charge is 2.30. The second kappa shape index (κ2) is 9.41. The first-order valence-electron chi connectivity index (χ1n) is 8.91. The van der Waals surface area contributed by atoms with Gasteiger partial charge in [0.25, 0.3) is 0 Å². The van der Waals surface area contributed by atoms with Gasteiger partial charge in [-0.05, 0) is 41.5 Å². The van der Waals surface area contributed by atoms with Crippen LogP contribution in [0.2, 0.25) is 0 Å². The Hall–Kier alpha value is -3.69. The number of carbonyl (C=O) groups is 1. The molecule has 162 valence electrons. The number of halogens is 5. The molecule has 3 rings (SSSR count). The Kier molecular flexibility index (Phi) is 6.68. The molecule has 0 aliphatic carbocycles. The van der Waals surface area contributed by atoms with Crippen LogP contribution in [0.25, 0.3) is 6.08 Å². The summed E-state index contributed by atoms with van der Waals surface area (Å²) in [7, 11) is 0. The number of nitrogens with zero attached hydrogens (tertiary/aromatic N) is 2. The van der Waals surface area contributed by atoms with Crippen molar-refractivity contribution in [1.29, 1.82) is 0 Å². The van der Waals surface area contributed by atoms with Crippen LogP contribution in [0.1, 0.15) is 16.7 Å². The molecule has 0 aliphatic heterocycles. The van der Waals surface area contributed by atoms with E-state index < -0.39 is 24.3 Å². The van der Waals surface area contributed by atoms with E-state index in [1.54, 1.807) is 6.07 Å². The summed E-state index contributed by atoms with van der Waals surface area (Å²) in [6.45, 7) is -2.82. The molecule has 31 heavy (non-hydrogen) atoms. The highest BCUT2D eigenvalue weighted by atomic mass is 19.4. The number of hydrogen-bond donors (Lipinski definition) is 1. The average Bonchev–Trinajstić information content (AvgIpc) is 3.13. The first-order chi connectivity index (χ1) is 14.7. The smallest absolute Gasteiger partial charge is 0.416 e. The molecule has 0 aliphatic rings. The summed E-state index contributed by atoms with van der Waals surface area (Å²) in [6, 6.07) is 10.6. The maximum Gasteiger partial charge on any atom is 0.416 e. The van der Waals surface area contributed by atoms with Gasteiger partial charge in [0.15, 0.2) is 0 Å². The van der Waals surface area contributed by atoms with Gasteiger partial charge in [-0.3, -0.25) is 9.48 Å². The highest BCUT2D eigenvalue weighted by Crippen LogP contribution is 2.29. The zero-order valence-corrected chi connectivity index (χ0v) is 15.8. The van der Waals surface area contributed by atoms with Crippen LogP contribution in [0.3, 0.4) is 0 Å². The molecule has 5 nitrogen and oxygen atoms in total. The standard InChI is InChI=1S/C21H16F5N3O2/c22-20(23)31-18-7-4-14(5-8-18)6-9-19(30)28-17-11-27-29(13-17)12-15-2-1-3-16(10-15)21(24,25)26/h1-11,13,20H,12H2,(H,28,30)/b9-6-. The number of rotatable bonds is 7. The van der Waals surface area contributed by atoms with Crippen molar-refractivity contribution in [1.82, 2.24) is 9.78 Å². The van der Waals surface area contributed by atoms with Gasteiger partial charge in [0.05, 0.1) is 24.0 Å². The minimum atomic E-state index is -4.43. The molecule has 0 radical (unpaired) electrons. The third kappa shape index (κ3) is 6.66. The molecule has 0 unspecified atom stereocenters. The Bertz CT molecular complexity index is 1060. The minimum Gasteiger partial charge on any atom is -0.435 e. The quantitative estimate of drug-likeness (QED) is 0.408. The zero-order chi connectivity index (χ0) is 22.4. The van der Waals surface area contributed by atoms with Crippen LogP contribution in [0.4, 0.5) is 27.6 Å². The van der Waals surface area contributed by atoms with E-state index in [0.29, 0.717) is 16.8 Å². The molecule has 0 bridgehead atoms. The number of hydrogen-bond acceptors (Lipinski definition) is 3. The average molecular weight is 437 g/mol. The van der Waals surface area contributed by atoms with Crippen molar-refractivity contribution in [2.24, 2.45) is 0 Å². The lowest BCUT2D eigenvalue weighted by Gasteiger charge is -2.08. The van der Waals surface area contributed by atoms with Crippen LogP contribution >= 0.6 is 0 Å². The fraction of sp³-hybridized carbons (Fsp3) is 0.143. The molecule has 10 heteroatoms. The van der Waals surface area contributed by atoms with Gasteiger partial charge in [-0.1, -0.05) is 24.3 Å². The summed E-state index contributed by atoms with van der Waals surface area (Å²) in [5, 5.41) is 6.61. The van der Waals surface area contributed by atoms with Gasteiger partial charge in [0.1, 0.15) is 5.75 Å². The van der Waals surface area contributed by atoms with Gasteiger partial charge >= 0.3 is 12.8 Å². The first-order valence-corrected chi connectivity index (χ1v) is 8.91. The molecule has 0 fully saturated rings. The summed E-state index contributed by atoms with van der Waals surface area (Å²) in [5.41, 5.74) is 0.624. The number of alkyl halides is 5. The number of aromatic nitrogens is 2. The van der Waals surface area contributed by atoms with E-state index in [1.807, 2.05) is 0 Å². The van der Waals surface area contributed by atoms with Gasteiger partial charge in [-0.25, -0.2) is 0 Å². The predicted octanol–water partition coefficient (Wildman–Crippen LogP) is 5.20. The Morgan fingerprint density at radius 1 is 1.16 bits per heavy atom. The lowest BCUT2D eigenvalue weighted by Crippen LogP contribution is -2.08. The van der Waals surface area contributed by atoms with E-state index in [2.05, 4.69) is 15.2 Å². The SMILES string of the molecule is O=C(/C=C\c1ccc(OC(F)F)cc1)Nc1cnn(Cc2cccc(C(F)(F)F)c2)c1. The molecule has 0 spiro atoms. The summed E-state index contributed by atoms with van der Waals surface area (Å²) in [5.74, 6) is -0.462. The van der Waals surface area contributed by atoms with Gasteiger partial charge in [-0.2, -0.15) is 27.1 Å². The van der Waals surface area contributed by atoms with Crippen molar-refractivity contribution in [2.75, 3.05) is 5.32 Å². The second-order valence-electron chi connectivity index (χ2n) is 6.39. The molecule has 0 saturated carbocycles. The van der Waals surface area contributed by atoms with Crippen LogP contribution in [0.5, 0.6) is 5.75 Å². The number of benzene rings is 2. The molecule has 0 atom stereocenters. The van der Waals surface area contributed by atoms with Crippen molar-refractivity contribution < 1.29 is 31.5 Å². The van der Waals surface area contributed by atoms with E-state index in [4.69, 9.17) is 0 Å². The number of carbonyl (C=O) groups excluding carboxylic acids is 1. The normalized spacial score (nSPS) is 11.8. The maximum atomic E-state index is 12.8. The minimum absolute atomic E-state index is 0.00443. The van der Waals surface area contributed by atoms with Gasteiger partial charge in [-0.15, -0.1) is 0 Å². The first kappa shape index (κ1) is 22.0. The molecule has 1 heterocycles. The second-order valence-corrected chi connectivity index (χ2v) is 6.39. The Morgan fingerprint density at radius 3 is 2.58 bits per heavy atom. The molecule has 0 saturated heterocycles. The van der Waals surface area contributed by atoms with Crippen LogP contribution in [-0.2, 0) is 17.5 Å². The van der Waals surface area contributed by atoms with E-state index in [1.165, 1.54) is 59.6 Å². The zero-order valence-electron chi connectivity index (χ0n) is 15.8. The summed E-state index contributed by atoms with van der Waals surface area (Å²) >= 11 is 0. The number of amides is 1. The topological polar surface area (TPSA) is 56.1 Å². The summed E-state index contributed by atoms with van der Waals surface area (Å²) in [6.07, 6.45) is 1.15. The van der Waals surface area contributed by atoms with Gasteiger partial charge in [0, 0.05) is 12.3 Å². The van der Waals surface area contributed by atoms with Crippen molar-refractivity contribution in [3.05, 3.63) is 83.7 Å². The fourth-order valence-electron chi connectivity index (χ4n) is 2.66. The number of ether oxygens (including phenoxy) is 1. The molecule has 1 amide bonds. The lowest BCUT2D eigenvalue weighted by molar-refractivity contribution is -0.137. The van der Waals surface area contributed by atoms with Crippen LogP contribution in [0, 0.1) is 0 Å². The maximum absolute atomic E-state index is 12.8. The molecular formula is C21H16F5N3O2. The number of anilines is 1.